The van der Waals surface area contributed by atoms with Gasteiger partial charge in [-0.3, -0.25) is 9.59 Å². The third-order valence-corrected chi connectivity index (χ3v) is 6.38. The third-order valence-electron chi connectivity index (χ3n) is 5.52. The number of carbonyl (C=O) groups excluding carboxylic acids is 4. The van der Waals surface area contributed by atoms with Gasteiger partial charge in [0.05, 0.1) is 30.8 Å². The summed E-state index contributed by atoms with van der Waals surface area (Å²) in [5, 5.41) is 4.63. The first kappa shape index (κ1) is 24.2. The van der Waals surface area contributed by atoms with E-state index in [2.05, 4.69) is 5.32 Å². The van der Waals surface area contributed by atoms with Crippen molar-refractivity contribution in [3.63, 3.8) is 0 Å². The molecule has 0 aliphatic carbocycles. The van der Waals surface area contributed by atoms with E-state index in [0.717, 1.165) is 15.3 Å². The summed E-state index contributed by atoms with van der Waals surface area (Å²) in [6, 6.07) is 15.9. The lowest BCUT2D eigenvalue weighted by atomic mass is 10.1. The van der Waals surface area contributed by atoms with Crippen LogP contribution in [0.4, 0.5) is 16.2 Å². The highest BCUT2D eigenvalue weighted by Crippen LogP contribution is 2.30. The summed E-state index contributed by atoms with van der Waals surface area (Å²) < 4.78 is 5.00. The molecule has 4 amide bonds. The number of rotatable bonds is 8. The number of ether oxygens (including phenoxy) is 1. The van der Waals surface area contributed by atoms with Crippen molar-refractivity contribution in [1.82, 2.24) is 4.90 Å². The minimum atomic E-state index is -0.960. The Labute approximate surface area is 207 Å². The normalized spacial score (nSPS) is 15.4. The molecule has 0 radical (unpaired) electrons. The van der Waals surface area contributed by atoms with E-state index in [0.29, 0.717) is 16.9 Å². The fraction of sp³-hybridized carbons (Fsp3) is 0.231. The highest BCUT2D eigenvalue weighted by Gasteiger charge is 2.46. The molecule has 0 saturated carbocycles. The van der Waals surface area contributed by atoms with Crippen LogP contribution in [-0.4, -0.2) is 41.4 Å². The molecule has 4 rings (SSSR count). The van der Waals surface area contributed by atoms with Crippen LogP contribution in [0.2, 0.25) is 0 Å². The zero-order valence-electron chi connectivity index (χ0n) is 19.4. The Morgan fingerprint density at radius 1 is 1.06 bits per heavy atom. The number of benzene rings is 2. The molecule has 8 nitrogen and oxygen atoms in total. The van der Waals surface area contributed by atoms with Gasteiger partial charge in [-0.05, 0) is 61.2 Å². The number of nitrogens with zero attached hydrogens (tertiary/aromatic N) is 2. The van der Waals surface area contributed by atoms with Crippen molar-refractivity contribution < 1.29 is 23.9 Å². The predicted octanol–water partition coefficient (Wildman–Crippen LogP) is 4.60. The van der Waals surface area contributed by atoms with Crippen LogP contribution in [0.15, 0.2) is 66.0 Å². The fourth-order valence-corrected chi connectivity index (χ4v) is 4.62. The van der Waals surface area contributed by atoms with Gasteiger partial charge in [0.1, 0.15) is 6.04 Å². The van der Waals surface area contributed by atoms with Crippen LogP contribution in [0.25, 0.3) is 0 Å². The molecule has 180 valence electrons. The number of thiophene rings is 1. The Morgan fingerprint density at radius 3 is 2.57 bits per heavy atom. The Kier molecular flexibility index (Phi) is 7.26. The molecule has 1 aromatic heterocycles. The van der Waals surface area contributed by atoms with Gasteiger partial charge in [-0.1, -0.05) is 24.3 Å². The Bertz CT molecular complexity index is 1260. The number of amides is 4. The Balaban J connectivity index is 1.55. The molecule has 1 saturated heterocycles. The molecule has 1 N–H and O–H groups in total. The Morgan fingerprint density at radius 2 is 1.86 bits per heavy atom. The van der Waals surface area contributed by atoms with Crippen LogP contribution in [0.1, 0.15) is 34.1 Å². The van der Waals surface area contributed by atoms with Gasteiger partial charge in [0.2, 0.25) is 5.91 Å². The molecule has 2 heterocycles. The van der Waals surface area contributed by atoms with Gasteiger partial charge in [0.25, 0.3) is 5.91 Å². The van der Waals surface area contributed by atoms with E-state index < -0.39 is 29.9 Å². The second-order valence-electron chi connectivity index (χ2n) is 8.07. The maximum atomic E-state index is 13.4. The van der Waals surface area contributed by atoms with Gasteiger partial charge in [0, 0.05) is 10.6 Å². The van der Waals surface area contributed by atoms with Crippen LogP contribution in [-0.2, 0) is 20.9 Å². The summed E-state index contributed by atoms with van der Waals surface area (Å²) in [6.07, 6.45) is -0.220. The zero-order valence-corrected chi connectivity index (χ0v) is 20.2. The van der Waals surface area contributed by atoms with E-state index in [1.54, 1.807) is 43.3 Å². The average Bonchev–Trinajstić information content (AvgIpc) is 3.42. The molecule has 1 aliphatic heterocycles. The molecule has 0 spiro atoms. The van der Waals surface area contributed by atoms with Gasteiger partial charge in [-0.15, -0.1) is 11.3 Å². The number of hydrogen-bond donors (Lipinski definition) is 1. The number of carbonyl (C=O) groups is 4. The standard InChI is InChI=1S/C26H25N3O5S/c1-3-34-25(32)18-8-5-9-19(14-18)27-23(30)15-22-24(31)29(20-10-4-7-17(2)13-20)26(33)28(22)16-21-11-6-12-35-21/h4-14,22H,3,15-16H2,1-2H3,(H,27,30)/t22-/m0/s1. The van der Waals surface area contributed by atoms with Gasteiger partial charge in [0.15, 0.2) is 0 Å². The van der Waals surface area contributed by atoms with Crippen LogP contribution >= 0.6 is 11.3 Å². The second-order valence-corrected chi connectivity index (χ2v) is 9.10. The van der Waals surface area contributed by atoms with E-state index in [4.69, 9.17) is 4.74 Å². The fourth-order valence-electron chi connectivity index (χ4n) is 3.91. The van der Waals surface area contributed by atoms with E-state index in [1.165, 1.54) is 22.3 Å². The van der Waals surface area contributed by atoms with Crippen molar-refractivity contribution in [2.45, 2.75) is 32.9 Å². The largest absolute Gasteiger partial charge is 0.462 e. The maximum Gasteiger partial charge on any atom is 0.338 e. The second kappa shape index (κ2) is 10.5. The quantitative estimate of drug-likeness (QED) is 0.367. The summed E-state index contributed by atoms with van der Waals surface area (Å²) in [5.74, 6) is -1.39. The van der Waals surface area contributed by atoms with Crippen LogP contribution in [0.3, 0.4) is 0 Å². The molecule has 35 heavy (non-hydrogen) atoms. The molecule has 3 aromatic rings. The molecule has 0 bridgehead atoms. The van der Waals surface area contributed by atoms with Crippen LogP contribution < -0.4 is 10.2 Å². The molecular formula is C26H25N3O5S. The molecule has 9 heteroatoms. The minimum Gasteiger partial charge on any atom is -0.462 e. The van der Waals surface area contributed by atoms with E-state index >= 15 is 0 Å². The number of anilines is 2. The first-order valence-electron chi connectivity index (χ1n) is 11.2. The highest BCUT2D eigenvalue weighted by molar-refractivity contribution is 7.09. The highest BCUT2D eigenvalue weighted by atomic mass is 32.1. The first-order valence-corrected chi connectivity index (χ1v) is 12.1. The summed E-state index contributed by atoms with van der Waals surface area (Å²) in [6.45, 7) is 4.06. The smallest absolute Gasteiger partial charge is 0.338 e. The number of esters is 1. The van der Waals surface area contributed by atoms with Gasteiger partial charge in [-0.2, -0.15) is 0 Å². The van der Waals surface area contributed by atoms with Crippen molar-refractivity contribution in [3.8, 4) is 0 Å². The van der Waals surface area contributed by atoms with Crippen molar-refractivity contribution in [2.75, 3.05) is 16.8 Å². The van der Waals surface area contributed by atoms with E-state index in [1.807, 2.05) is 30.5 Å². The summed E-state index contributed by atoms with van der Waals surface area (Å²) in [5.41, 5.74) is 2.09. The lowest BCUT2D eigenvalue weighted by Gasteiger charge is -2.21. The van der Waals surface area contributed by atoms with Crippen molar-refractivity contribution in [1.29, 1.82) is 0 Å². The molecule has 1 aliphatic rings. The van der Waals surface area contributed by atoms with Crippen LogP contribution in [0.5, 0.6) is 0 Å². The lowest BCUT2D eigenvalue weighted by Crippen LogP contribution is -2.37. The van der Waals surface area contributed by atoms with Gasteiger partial charge >= 0.3 is 12.0 Å². The van der Waals surface area contributed by atoms with Crippen molar-refractivity contribution >= 4 is 46.5 Å². The van der Waals surface area contributed by atoms with E-state index in [9.17, 15) is 19.2 Å². The minimum absolute atomic E-state index is 0.220. The predicted molar refractivity (Wildman–Crippen MR) is 133 cm³/mol. The summed E-state index contributed by atoms with van der Waals surface area (Å²) in [4.78, 5) is 55.2. The number of nitrogens with one attached hydrogen (secondary N) is 1. The van der Waals surface area contributed by atoms with Gasteiger partial charge in [-0.25, -0.2) is 14.5 Å². The molecule has 2 aromatic carbocycles. The first-order chi connectivity index (χ1) is 16.9. The maximum absolute atomic E-state index is 13.4. The summed E-state index contributed by atoms with van der Waals surface area (Å²) >= 11 is 1.48. The number of aryl methyl sites for hydroxylation is 1. The molecule has 1 fully saturated rings. The number of urea groups is 1. The van der Waals surface area contributed by atoms with E-state index in [-0.39, 0.29) is 19.6 Å². The molecular weight excluding hydrogens is 466 g/mol. The average molecular weight is 492 g/mol. The van der Waals surface area contributed by atoms with Crippen molar-refractivity contribution in [3.05, 3.63) is 82.0 Å². The van der Waals surface area contributed by atoms with Gasteiger partial charge < -0.3 is 15.0 Å². The topological polar surface area (TPSA) is 96.0 Å². The lowest BCUT2D eigenvalue weighted by molar-refractivity contribution is -0.124. The number of hydrogen-bond acceptors (Lipinski definition) is 6. The monoisotopic (exact) mass is 491 g/mol. The Hall–Kier alpha value is -3.98. The molecule has 1 atom stereocenters. The van der Waals surface area contributed by atoms with Crippen LogP contribution in [0, 0.1) is 6.92 Å². The molecule has 0 unspecified atom stereocenters. The summed E-state index contributed by atoms with van der Waals surface area (Å²) in [7, 11) is 0. The number of imide groups is 1. The third kappa shape index (κ3) is 5.41. The zero-order chi connectivity index (χ0) is 24.9. The SMILES string of the molecule is CCOC(=O)c1cccc(NC(=O)C[C@H]2C(=O)N(c3cccc(C)c3)C(=O)N2Cc2cccs2)c1. The van der Waals surface area contributed by atoms with Crippen molar-refractivity contribution in [2.24, 2.45) is 0 Å².